The Balaban J connectivity index is 1.37. The molecule has 4 rings (SSSR count). The average Bonchev–Trinajstić information content (AvgIpc) is 2.88. The summed E-state index contributed by atoms with van der Waals surface area (Å²) in [5, 5.41) is 2.98. The third-order valence-electron chi connectivity index (χ3n) is 6.37. The van der Waals surface area contributed by atoms with E-state index in [1.807, 2.05) is 65.6 Å². The highest BCUT2D eigenvalue weighted by atomic mass is 16.5. The standard InChI is InChI=1S/C28H30N2O3/c1-33-26-15-9-8-14-25(26)29-28(32)23-16-18-30(19-17-23)27(31)20-24(21-10-4-2-5-11-21)22-12-6-3-7-13-22/h2-15,23-24H,16-20H2,1H3,(H,29,32). The van der Waals surface area contributed by atoms with Crippen LogP contribution in [0.15, 0.2) is 84.9 Å². The zero-order chi connectivity index (χ0) is 23.0. The predicted octanol–water partition coefficient (Wildman–Crippen LogP) is 5.09. The van der Waals surface area contributed by atoms with Crippen molar-refractivity contribution in [2.24, 2.45) is 5.92 Å². The van der Waals surface area contributed by atoms with Crippen LogP contribution < -0.4 is 10.1 Å². The molecular weight excluding hydrogens is 412 g/mol. The summed E-state index contributed by atoms with van der Waals surface area (Å²) in [6.45, 7) is 1.19. The van der Waals surface area contributed by atoms with Gasteiger partial charge in [0, 0.05) is 31.3 Å². The van der Waals surface area contributed by atoms with E-state index in [1.54, 1.807) is 7.11 Å². The van der Waals surface area contributed by atoms with Gasteiger partial charge in [0.1, 0.15) is 5.75 Å². The molecule has 0 saturated carbocycles. The van der Waals surface area contributed by atoms with Gasteiger partial charge in [-0.25, -0.2) is 0 Å². The molecule has 1 heterocycles. The summed E-state index contributed by atoms with van der Waals surface area (Å²) in [5.41, 5.74) is 2.96. The Hall–Kier alpha value is -3.60. The third-order valence-corrected chi connectivity index (χ3v) is 6.37. The fourth-order valence-electron chi connectivity index (χ4n) is 4.48. The summed E-state index contributed by atoms with van der Waals surface area (Å²) in [7, 11) is 1.59. The van der Waals surface area contributed by atoms with Crippen LogP contribution in [0.25, 0.3) is 0 Å². The molecule has 33 heavy (non-hydrogen) atoms. The topological polar surface area (TPSA) is 58.6 Å². The zero-order valence-electron chi connectivity index (χ0n) is 18.9. The van der Waals surface area contributed by atoms with Crippen LogP contribution in [-0.2, 0) is 9.59 Å². The highest BCUT2D eigenvalue weighted by Crippen LogP contribution is 2.30. The van der Waals surface area contributed by atoms with Gasteiger partial charge in [-0.2, -0.15) is 0 Å². The van der Waals surface area contributed by atoms with E-state index in [4.69, 9.17) is 4.74 Å². The number of hydrogen-bond donors (Lipinski definition) is 1. The van der Waals surface area contributed by atoms with Gasteiger partial charge in [-0.1, -0.05) is 72.8 Å². The molecule has 1 aliphatic heterocycles. The Bertz CT molecular complexity index is 1020. The summed E-state index contributed by atoms with van der Waals surface area (Å²) in [6.07, 6.45) is 1.74. The summed E-state index contributed by atoms with van der Waals surface area (Å²) >= 11 is 0. The first-order valence-corrected chi connectivity index (χ1v) is 11.5. The van der Waals surface area contributed by atoms with Crippen molar-refractivity contribution >= 4 is 17.5 Å². The Morgan fingerprint density at radius 1 is 0.879 bits per heavy atom. The number of carbonyl (C=O) groups excluding carboxylic acids is 2. The number of nitrogens with one attached hydrogen (secondary N) is 1. The van der Waals surface area contributed by atoms with Gasteiger partial charge in [-0.15, -0.1) is 0 Å². The third kappa shape index (κ3) is 5.61. The SMILES string of the molecule is COc1ccccc1NC(=O)C1CCN(C(=O)CC(c2ccccc2)c2ccccc2)CC1. The second kappa shape index (κ2) is 10.8. The maximum atomic E-state index is 13.2. The number of rotatable bonds is 7. The van der Waals surface area contributed by atoms with Crippen molar-refractivity contribution in [1.82, 2.24) is 4.90 Å². The molecule has 2 amide bonds. The Kier molecular flexibility index (Phi) is 7.40. The van der Waals surface area contributed by atoms with Crippen molar-refractivity contribution in [3.8, 4) is 5.75 Å². The first kappa shape index (κ1) is 22.6. The number of amides is 2. The van der Waals surface area contributed by atoms with Crippen LogP contribution in [0.5, 0.6) is 5.75 Å². The molecule has 3 aromatic rings. The molecule has 1 fully saturated rings. The number of nitrogens with zero attached hydrogens (tertiary/aromatic N) is 1. The largest absolute Gasteiger partial charge is 0.495 e. The number of methoxy groups -OCH3 is 1. The van der Waals surface area contributed by atoms with E-state index in [9.17, 15) is 9.59 Å². The van der Waals surface area contributed by atoms with Gasteiger partial charge in [-0.05, 0) is 36.1 Å². The second-order valence-corrected chi connectivity index (χ2v) is 8.42. The Labute approximate surface area is 195 Å². The van der Waals surface area contributed by atoms with Gasteiger partial charge >= 0.3 is 0 Å². The van der Waals surface area contributed by atoms with Crippen LogP contribution in [0.2, 0.25) is 0 Å². The van der Waals surface area contributed by atoms with Crippen LogP contribution in [0, 0.1) is 5.92 Å². The van der Waals surface area contributed by atoms with Gasteiger partial charge in [0.05, 0.1) is 12.8 Å². The van der Waals surface area contributed by atoms with Gasteiger partial charge < -0.3 is 15.0 Å². The molecule has 0 bridgehead atoms. The zero-order valence-corrected chi connectivity index (χ0v) is 18.9. The van der Waals surface area contributed by atoms with E-state index in [-0.39, 0.29) is 23.7 Å². The number of carbonyl (C=O) groups is 2. The smallest absolute Gasteiger partial charge is 0.227 e. The quantitative estimate of drug-likeness (QED) is 0.554. The highest BCUT2D eigenvalue weighted by molar-refractivity contribution is 5.94. The van der Waals surface area contributed by atoms with E-state index in [1.165, 1.54) is 0 Å². The van der Waals surface area contributed by atoms with Crippen molar-refractivity contribution in [1.29, 1.82) is 0 Å². The van der Waals surface area contributed by atoms with Crippen LogP contribution in [-0.4, -0.2) is 36.9 Å². The minimum absolute atomic E-state index is 0.0157. The molecule has 170 valence electrons. The van der Waals surface area contributed by atoms with E-state index in [0.29, 0.717) is 43.8 Å². The van der Waals surface area contributed by atoms with Gasteiger partial charge in [0.25, 0.3) is 0 Å². The number of ether oxygens (including phenoxy) is 1. The number of hydrogen-bond acceptors (Lipinski definition) is 3. The lowest BCUT2D eigenvalue weighted by molar-refractivity contribution is -0.134. The normalized spacial score (nSPS) is 14.2. The molecule has 0 atom stereocenters. The lowest BCUT2D eigenvalue weighted by Crippen LogP contribution is -2.41. The van der Waals surface area contributed by atoms with E-state index >= 15 is 0 Å². The highest BCUT2D eigenvalue weighted by Gasteiger charge is 2.29. The molecule has 0 radical (unpaired) electrons. The summed E-state index contributed by atoms with van der Waals surface area (Å²) in [6, 6.07) is 27.8. The number of piperidine rings is 1. The molecule has 0 aromatic heterocycles. The fraction of sp³-hybridized carbons (Fsp3) is 0.286. The molecule has 5 nitrogen and oxygen atoms in total. The monoisotopic (exact) mass is 442 g/mol. The van der Waals surface area contributed by atoms with Crippen LogP contribution in [0.1, 0.15) is 36.3 Å². The number of likely N-dealkylation sites (tertiary alicyclic amines) is 1. The van der Waals surface area contributed by atoms with Gasteiger partial charge in [0.15, 0.2) is 0 Å². The number of anilines is 1. The summed E-state index contributed by atoms with van der Waals surface area (Å²) < 4.78 is 5.32. The molecule has 0 spiro atoms. The fourth-order valence-corrected chi connectivity index (χ4v) is 4.48. The molecule has 0 aliphatic carbocycles. The Morgan fingerprint density at radius 2 is 1.42 bits per heavy atom. The number of para-hydroxylation sites is 2. The maximum absolute atomic E-state index is 13.2. The first-order chi connectivity index (χ1) is 16.2. The van der Waals surface area contributed by atoms with Crippen molar-refractivity contribution in [2.75, 3.05) is 25.5 Å². The summed E-state index contributed by atoms with van der Waals surface area (Å²) in [5.74, 6) is 0.671. The lowest BCUT2D eigenvalue weighted by Gasteiger charge is -2.32. The Morgan fingerprint density at radius 3 is 2.00 bits per heavy atom. The van der Waals surface area contributed by atoms with Gasteiger partial charge in [-0.3, -0.25) is 9.59 Å². The maximum Gasteiger partial charge on any atom is 0.227 e. The van der Waals surface area contributed by atoms with Crippen LogP contribution in [0.4, 0.5) is 5.69 Å². The van der Waals surface area contributed by atoms with Crippen molar-refractivity contribution in [3.05, 3.63) is 96.1 Å². The van der Waals surface area contributed by atoms with Crippen LogP contribution >= 0.6 is 0 Å². The second-order valence-electron chi connectivity index (χ2n) is 8.42. The van der Waals surface area contributed by atoms with Crippen molar-refractivity contribution < 1.29 is 14.3 Å². The first-order valence-electron chi connectivity index (χ1n) is 11.5. The molecule has 1 saturated heterocycles. The van der Waals surface area contributed by atoms with E-state index in [0.717, 1.165) is 11.1 Å². The molecule has 0 unspecified atom stereocenters. The minimum Gasteiger partial charge on any atom is -0.495 e. The molecule has 5 heteroatoms. The van der Waals surface area contributed by atoms with Gasteiger partial charge in [0.2, 0.25) is 11.8 Å². The molecular formula is C28H30N2O3. The average molecular weight is 443 g/mol. The number of benzene rings is 3. The van der Waals surface area contributed by atoms with E-state index < -0.39 is 0 Å². The molecule has 1 aliphatic rings. The van der Waals surface area contributed by atoms with Crippen molar-refractivity contribution in [2.45, 2.75) is 25.2 Å². The van der Waals surface area contributed by atoms with E-state index in [2.05, 4.69) is 29.6 Å². The molecule has 3 aromatic carbocycles. The molecule has 1 N–H and O–H groups in total. The lowest BCUT2D eigenvalue weighted by atomic mass is 9.87. The van der Waals surface area contributed by atoms with Crippen molar-refractivity contribution in [3.63, 3.8) is 0 Å². The minimum atomic E-state index is -0.113. The predicted molar refractivity (Wildman–Crippen MR) is 130 cm³/mol. The van der Waals surface area contributed by atoms with Crippen LogP contribution in [0.3, 0.4) is 0 Å². The summed E-state index contributed by atoms with van der Waals surface area (Å²) in [4.78, 5) is 27.9.